The lowest BCUT2D eigenvalue weighted by Crippen LogP contribution is -2.43. The van der Waals surface area contributed by atoms with Crippen LogP contribution in [0, 0.1) is 13.8 Å². The first-order valence-electron chi connectivity index (χ1n) is 7.60. The van der Waals surface area contributed by atoms with Gasteiger partial charge in [-0.25, -0.2) is 13.4 Å². The van der Waals surface area contributed by atoms with Crippen molar-refractivity contribution in [1.82, 2.24) is 14.3 Å². The molecule has 1 fully saturated rings. The predicted octanol–water partition coefficient (Wildman–Crippen LogP) is 1.29. The second-order valence-electron chi connectivity index (χ2n) is 5.88. The summed E-state index contributed by atoms with van der Waals surface area (Å²) in [4.78, 5) is 8.32. The third-order valence-corrected chi connectivity index (χ3v) is 5.51. The van der Waals surface area contributed by atoms with E-state index in [4.69, 9.17) is 5.73 Å². The first kappa shape index (κ1) is 17.0. The van der Waals surface area contributed by atoms with E-state index in [2.05, 4.69) is 15.3 Å². The molecule has 0 bridgehead atoms. The molecule has 1 aromatic rings. The summed E-state index contributed by atoms with van der Waals surface area (Å²) in [6.07, 6.45) is 4.98. The molecule has 0 spiro atoms. The fourth-order valence-corrected chi connectivity index (χ4v) is 4.09. The summed E-state index contributed by atoms with van der Waals surface area (Å²) in [6, 6.07) is 0.0665. The Hall–Kier alpha value is -1.41. The van der Waals surface area contributed by atoms with Gasteiger partial charge in [-0.2, -0.15) is 9.29 Å². The number of aryl methyl sites for hydroxylation is 1. The molecule has 1 aliphatic rings. The Balaban J connectivity index is 1.98. The molecule has 1 atom stereocenters. The van der Waals surface area contributed by atoms with Crippen molar-refractivity contribution in [2.45, 2.75) is 45.6 Å². The van der Waals surface area contributed by atoms with Gasteiger partial charge in [0.05, 0.1) is 6.26 Å². The summed E-state index contributed by atoms with van der Waals surface area (Å²) >= 11 is 0. The maximum Gasteiger partial charge on any atom is 0.222 e. The first-order chi connectivity index (χ1) is 10.3. The van der Waals surface area contributed by atoms with Gasteiger partial charge in [0.2, 0.25) is 16.0 Å². The number of hydrogen-bond acceptors (Lipinski definition) is 6. The lowest BCUT2D eigenvalue weighted by atomic mass is 10.0. The maximum absolute atomic E-state index is 11.8. The van der Waals surface area contributed by atoms with E-state index in [9.17, 15) is 8.42 Å². The van der Waals surface area contributed by atoms with Crippen molar-refractivity contribution in [3.63, 3.8) is 0 Å². The molecule has 3 N–H and O–H groups in total. The summed E-state index contributed by atoms with van der Waals surface area (Å²) < 4.78 is 25.3. The van der Waals surface area contributed by atoms with Crippen LogP contribution in [-0.4, -0.2) is 48.1 Å². The molecule has 1 unspecified atom stereocenters. The third kappa shape index (κ3) is 4.07. The number of nitrogen functional groups attached to an aromatic ring is 1. The summed E-state index contributed by atoms with van der Waals surface area (Å²) in [5.41, 5.74) is 7.49. The summed E-state index contributed by atoms with van der Waals surface area (Å²) in [5, 5.41) is 3.26. The number of aromatic nitrogens is 2. The van der Waals surface area contributed by atoms with Crippen molar-refractivity contribution in [2.24, 2.45) is 0 Å². The number of nitrogens with one attached hydrogen (secondary N) is 1. The Morgan fingerprint density at radius 2 is 2.05 bits per heavy atom. The number of nitrogens with zero attached hydrogens (tertiary/aromatic N) is 3. The van der Waals surface area contributed by atoms with Gasteiger partial charge in [-0.15, -0.1) is 0 Å². The van der Waals surface area contributed by atoms with Crippen LogP contribution in [0.3, 0.4) is 0 Å². The van der Waals surface area contributed by atoms with Gasteiger partial charge in [-0.1, -0.05) is 6.42 Å². The van der Waals surface area contributed by atoms with Crippen LogP contribution >= 0.6 is 0 Å². The number of piperidine rings is 1. The van der Waals surface area contributed by atoms with Crippen molar-refractivity contribution in [3.8, 4) is 0 Å². The smallest absolute Gasteiger partial charge is 0.222 e. The molecular formula is C14H25N5O2S. The molecule has 1 saturated heterocycles. The quantitative estimate of drug-likeness (QED) is 0.845. The number of hydrogen-bond donors (Lipinski definition) is 2. The van der Waals surface area contributed by atoms with E-state index in [1.807, 2.05) is 13.8 Å². The van der Waals surface area contributed by atoms with Gasteiger partial charge in [-0.05, 0) is 33.1 Å². The van der Waals surface area contributed by atoms with Gasteiger partial charge in [0, 0.05) is 30.4 Å². The zero-order chi connectivity index (χ0) is 16.3. The molecule has 0 aromatic carbocycles. The number of sulfonamides is 1. The minimum atomic E-state index is -3.13. The summed E-state index contributed by atoms with van der Waals surface area (Å²) in [7, 11) is -3.13. The fraction of sp³-hybridized carbons (Fsp3) is 0.714. The van der Waals surface area contributed by atoms with Crippen LogP contribution < -0.4 is 11.1 Å². The first-order valence-corrected chi connectivity index (χ1v) is 9.45. The highest BCUT2D eigenvalue weighted by molar-refractivity contribution is 7.88. The average Bonchev–Trinajstić information content (AvgIpc) is 2.43. The van der Waals surface area contributed by atoms with E-state index in [0.29, 0.717) is 13.1 Å². The second-order valence-corrected chi connectivity index (χ2v) is 7.81. The summed E-state index contributed by atoms with van der Waals surface area (Å²) in [6.45, 7) is 5.13. The number of nitrogens with two attached hydrogens (primary N) is 1. The highest BCUT2D eigenvalue weighted by atomic mass is 32.2. The van der Waals surface area contributed by atoms with E-state index < -0.39 is 10.0 Å². The van der Waals surface area contributed by atoms with E-state index in [-0.39, 0.29) is 12.0 Å². The van der Waals surface area contributed by atoms with Crippen LogP contribution in [0.4, 0.5) is 11.8 Å². The fourth-order valence-electron chi connectivity index (χ4n) is 2.88. The zero-order valence-corrected chi connectivity index (χ0v) is 14.3. The molecule has 0 radical (unpaired) electrons. The average molecular weight is 327 g/mol. The molecule has 0 amide bonds. The van der Waals surface area contributed by atoms with Gasteiger partial charge >= 0.3 is 0 Å². The molecule has 7 nitrogen and oxygen atoms in total. The molecule has 8 heteroatoms. The minimum absolute atomic E-state index is 0.0665. The Kier molecular flexibility index (Phi) is 5.23. The lowest BCUT2D eigenvalue weighted by molar-refractivity contribution is 0.246. The maximum atomic E-state index is 11.8. The van der Waals surface area contributed by atoms with Crippen molar-refractivity contribution in [1.29, 1.82) is 0 Å². The van der Waals surface area contributed by atoms with Gasteiger partial charge in [0.15, 0.2) is 0 Å². The Labute approximate surface area is 132 Å². The Morgan fingerprint density at radius 1 is 1.32 bits per heavy atom. The SMILES string of the molecule is Cc1nc(N)nc(NCCC2CCCCN2S(C)(=O)=O)c1C. The molecule has 22 heavy (non-hydrogen) atoms. The standard InChI is InChI=1S/C14H25N5O2S/c1-10-11(2)17-14(15)18-13(10)16-8-7-12-6-4-5-9-19(12)22(3,20)21/h12H,4-9H2,1-3H3,(H3,15,16,17,18). The second kappa shape index (κ2) is 6.78. The van der Waals surface area contributed by atoms with Crippen LogP contribution in [0.25, 0.3) is 0 Å². The predicted molar refractivity (Wildman–Crippen MR) is 88.2 cm³/mol. The zero-order valence-electron chi connectivity index (χ0n) is 13.5. The lowest BCUT2D eigenvalue weighted by Gasteiger charge is -2.33. The van der Waals surface area contributed by atoms with E-state index in [1.54, 1.807) is 4.31 Å². The molecule has 0 saturated carbocycles. The van der Waals surface area contributed by atoms with Crippen molar-refractivity contribution in [2.75, 3.05) is 30.4 Å². The van der Waals surface area contributed by atoms with Crippen LogP contribution in [0.1, 0.15) is 36.9 Å². The van der Waals surface area contributed by atoms with Gasteiger partial charge < -0.3 is 11.1 Å². The molecule has 1 aliphatic heterocycles. The molecule has 1 aromatic heterocycles. The minimum Gasteiger partial charge on any atom is -0.370 e. The van der Waals surface area contributed by atoms with Crippen LogP contribution in [0.15, 0.2) is 0 Å². The topological polar surface area (TPSA) is 101 Å². The monoisotopic (exact) mass is 327 g/mol. The van der Waals surface area contributed by atoms with Gasteiger partial charge in [0.25, 0.3) is 0 Å². The van der Waals surface area contributed by atoms with E-state index >= 15 is 0 Å². The van der Waals surface area contributed by atoms with E-state index in [1.165, 1.54) is 6.26 Å². The van der Waals surface area contributed by atoms with Crippen molar-refractivity contribution >= 4 is 21.8 Å². The van der Waals surface area contributed by atoms with Gasteiger partial charge in [0.1, 0.15) is 5.82 Å². The Bertz CT molecular complexity index is 632. The number of anilines is 2. The van der Waals surface area contributed by atoms with Crippen LogP contribution in [0.2, 0.25) is 0 Å². The highest BCUT2D eigenvalue weighted by Crippen LogP contribution is 2.23. The van der Waals surface area contributed by atoms with Crippen molar-refractivity contribution in [3.05, 3.63) is 11.3 Å². The summed E-state index contributed by atoms with van der Waals surface area (Å²) in [5.74, 6) is 0.979. The highest BCUT2D eigenvalue weighted by Gasteiger charge is 2.28. The number of rotatable bonds is 5. The molecular weight excluding hydrogens is 302 g/mol. The molecule has 2 rings (SSSR count). The van der Waals surface area contributed by atoms with E-state index in [0.717, 1.165) is 42.8 Å². The molecule has 2 heterocycles. The van der Waals surface area contributed by atoms with Crippen molar-refractivity contribution < 1.29 is 8.42 Å². The largest absolute Gasteiger partial charge is 0.370 e. The normalized spacial score (nSPS) is 20.0. The van der Waals surface area contributed by atoms with Crippen LogP contribution in [-0.2, 0) is 10.0 Å². The van der Waals surface area contributed by atoms with Gasteiger partial charge in [-0.3, -0.25) is 0 Å². The van der Waals surface area contributed by atoms with Crippen LogP contribution in [0.5, 0.6) is 0 Å². The molecule has 0 aliphatic carbocycles. The molecule has 124 valence electrons. The Morgan fingerprint density at radius 3 is 2.73 bits per heavy atom. The third-order valence-electron chi connectivity index (χ3n) is 4.18.